The molecular formula is C17H15BrN2O3. The smallest absolute Gasteiger partial charge is 0.264 e. The van der Waals surface area contributed by atoms with Crippen LogP contribution in [0.4, 0.5) is 5.69 Å². The molecule has 2 aromatic rings. The summed E-state index contributed by atoms with van der Waals surface area (Å²) in [7, 11) is 0. The quantitative estimate of drug-likeness (QED) is 0.835. The number of hydrogen-bond acceptors (Lipinski definition) is 4. The van der Waals surface area contributed by atoms with Crippen molar-refractivity contribution in [1.29, 1.82) is 0 Å². The Balaban J connectivity index is 2.02. The molecule has 0 saturated heterocycles. The number of hydrogen-bond donors (Lipinski definition) is 1. The lowest BCUT2D eigenvalue weighted by atomic mass is 9.88. The summed E-state index contributed by atoms with van der Waals surface area (Å²) in [6.07, 6.45) is 2.73. The van der Waals surface area contributed by atoms with Gasteiger partial charge in [-0.15, -0.1) is 0 Å². The predicted octanol–water partition coefficient (Wildman–Crippen LogP) is 2.67. The molecule has 0 radical (unpaired) electrons. The third kappa shape index (κ3) is 2.58. The molecule has 0 spiro atoms. The summed E-state index contributed by atoms with van der Waals surface area (Å²) in [6, 6.07) is 8.43. The van der Waals surface area contributed by atoms with Crippen LogP contribution in [-0.2, 0) is 10.4 Å². The highest BCUT2D eigenvalue weighted by Crippen LogP contribution is 2.43. The van der Waals surface area contributed by atoms with Crippen LogP contribution in [0.15, 0.2) is 47.2 Å². The van der Waals surface area contributed by atoms with Crippen molar-refractivity contribution in [3.63, 3.8) is 0 Å². The van der Waals surface area contributed by atoms with Gasteiger partial charge in [-0.3, -0.25) is 14.6 Å². The number of rotatable bonds is 4. The number of fused-ring (bicyclic) bond motifs is 1. The molecule has 0 saturated carbocycles. The van der Waals surface area contributed by atoms with Gasteiger partial charge < -0.3 is 10.0 Å². The lowest BCUT2D eigenvalue weighted by molar-refractivity contribution is -0.135. The molecule has 5 nitrogen and oxygen atoms in total. The van der Waals surface area contributed by atoms with Crippen LogP contribution < -0.4 is 4.90 Å². The van der Waals surface area contributed by atoms with E-state index in [0.717, 1.165) is 4.47 Å². The number of carbonyl (C=O) groups excluding carboxylic acids is 2. The summed E-state index contributed by atoms with van der Waals surface area (Å²) >= 11 is 3.36. The van der Waals surface area contributed by atoms with E-state index in [1.54, 1.807) is 24.3 Å². The Labute approximate surface area is 142 Å². The standard InChI is InChI=1S/C17H15BrN2O3/c1-2-20-14-4-3-12(18)9-13(14)17(23,16(20)22)10-15(21)11-5-7-19-8-6-11/h3-9,23H,2,10H2,1H3/t17-/m1/s1. The summed E-state index contributed by atoms with van der Waals surface area (Å²) < 4.78 is 0.747. The van der Waals surface area contributed by atoms with Crippen molar-refractivity contribution in [2.45, 2.75) is 18.9 Å². The Bertz CT molecular complexity index is 779. The second-order valence-corrected chi connectivity index (χ2v) is 6.32. The van der Waals surface area contributed by atoms with E-state index in [4.69, 9.17) is 0 Å². The van der Waals surface area contributed by atoms with Crippen LogP contribution in [-0.4, -0.2) is 28.3 Å². The zero-order valence-corrected chi connectivity index (χ0v) is 14.1. The van der Waals surface area contributed by atoms with E-state index in [9.17, 15) is 14.7 Å². The summed E-state index contributed by atoms with van der Waals surface area (Å²) in [5.74, 6) is -0.761. The normalized spacial score (nSPS) is 19.8. The number of anilines is 1. The van der Waals surface area contributed by atoms with Crippen molar-refractivity contribution in [3.05, 3.63) is 58.3 Å². The average molecular weight is 375 g/mol. The van der Waals surface area contributed by atoms with Gasteiger partial charge in [-0.05, 0) is 37.3 Å². The number of amides is 1. The van der Waals surface area contributed by atoms with E-state index < -0.39 is 11.5 Å². The number of pyridine rings is 1. The van der Waals surface area contributed by atoms with Gasteiger partial charge in [-0.2, -0.15) is 0 Å². The molecule has 6 heteroatoms. The van der Waals surface area contributed by atoms with Gasteiger partial charge in [-0.1, -0.05) is 15.9 Å². The zero-order chi connectivity index (χ0) is 16.6. The average Bonchev–Trinajstić information content (AvgIpc) is 2.76. The monoisotopic (exact) mass is 374 g/mol. The van der Waals surface area contributed by atoms with E-state index in [2.05, 4.69) is 20.9 Å². The van der Waals surface area contributed by atoms with Crippen LogP contribution in [0.3, 0.4) is 0 Å². The number of aromatic nitrogens is 1. The number of ketones is 1. The maximum absolute atomic E-state index is 12.7. The van der Waals surface area contributed by atoms with Gasteiger partial charge in [0.25, 0.3) is 5.91 Å². The first-order chi connectivity index (χ1) is 11.0. The number of likely N-dealkylation sites (N-methyl/N-ethyl adjacent to an activating group) is 1. The first-order valence-electron chi connectivity index (χ1n) is 7.25. The predicted molar refractivity (Wildman–Crippen MR) is 89.3 cm³/mol. The number of benzene rings is 1. The molecule has 0 bridgehead atoms. The van der Waals surface area contributed by atoms with Crippen LogP contribution in [0.5, 0.6) is 0 Å². The topological polar surface area (TPSA) is 70.5 Å². The van der Waals surface area contributed by atoms with Gasteiger partial charge in [0.1, 0.15) is 0 Å². The van der Waals surface area contributed by atoms with Crippen molar-refractivity contribution in [2.24, 2.45) is 0 Å². The van der Waals surface area contributed by atoms with Crippen molar-refractivity contribution >= 4 is 33.3 Å². The Morgan fingerprint density at radius 3 is 2.65 bits per heavy atom. The van der Waals surface area contributed by atoms with E-state index in [-0.39, 0.29) is 12.2 Å². The molecule has 1 aromatic heterocycles. The van der Waals surface area contributed by atoms with E-state index in [0.29, 0.717) is 23.4 Å². The fourth-order valence-electron chi connectivity index (χ4n) is 2.88. The Hall–Kier alpha value is -2.05. The molecular weight excluding hydrogens is 360 g/mol. The summed E-state index contributed by atoms with van der Waals surface area (Å²) in [5, 5.41) is 11.0. The lowest BCUT2D eigenvalue weighted by Gasteiger charge is -2.22. The van der Waals surface area contributed by atoms with Crippen LogP contribution in [0.1, 0.15) is 29.3 Å². The summed E-state index contributed by atoms with van der Waals surface area (Å²) in [5.41, 5.74) is -0.310. The van der Waals surface area contributed by atoms with Gasteiger partial charge in [0.15, 0.2) is 11.4 Å². The molecule has 3 rings (SSSR count). The molecule has 23 heavy (non-hydrogen) atoms. The van der Waals surface area contributed by atoms with Crippen LogP contribution in [0.25, 0.3) is 0 Å². The number of Topliss-reactive ketones (excluding diaryl/α,β-unsaturated/α-hetero) is 1. The highest BCUT2D eigenvalue weighted by Gasteiger charge is 2.50. The molecule has 0 unspecified atom stereocenters. The van der Waals surface area contributed by atoms with Gasteiger partial charge >= 0.3 is 0 Å². The molecule has 1 aromatic carbocycles. The minimum absolute atomic E-state index is 0.296. The van der Waals surface area contributed by atoms with E-state index in [1.165, 1.54) is 17.3 Å². The maximum Gasteiger partial charge on any atom is 0.264 e. The minimum Gasteiger partial charge on any atom is -0.375 e. The zero-order valence-electron chi connectivity index (χ0n) is 12.5. The molecule has 2 heterocycles. The van der Waals surface area contributed by atoms with E-state index in [1.807, 2.05) is 13.0 Å². The highest BCUT2D eigenvalue weighted by molar-refractivity contribution is 9.10. The van der Waals surface area contributed by atoms with Crippen molar-refractivity contribution < 1.29 is 14.7 Å². The molecule has 0 fully saturated rings. The second-order valence-electron chi connectivity index (χ2n) is 5.41. The first kappa shape index (κ1) is 15.8. The van der Waals surface area contributed by atoms with Gasteiger partial charge in [0, 0.05) is 34.5 Å². The lowest BCUT2D eigenvalue weighted by Crippen LogP contribution is -2.41. The minimum atomic E-state index is -1.84. The summed E-state index contributed by atoms with van der Waals surface area (Å²) in [6.45, 7) is 2.26. The molecule has 1 atom stereocenters. The number of halogens is 1. The Kier molecular flexibility index (Phi) is 4.04. The second kappa shape index (κ2) is 5.86. The third-order valence-electron chi connectivity index (χ3n) is 4.03. The largest absolute Gasteiger partial charge is 0.375 e. The number of aliphatic hydroxyl groups is 1. The van der Waals surface area contributed by atoms with Crippen LogP contribution >= 0.6 is 15.9 Å². The fraction of sp³-hybridized carbons (Fsp3) is 0.235. The van der Waals surface area contributed by atoms with Crippen LogP contribution in [0.2, 0.25) is 0 Å². The molecule has 1 aliphatic heterocycles. The van der Waals surface area contributed by atoms with Crippen molar-refractivity contribution in [3.8, 4) is 0 Å². The van der Waals surface area contributed by atoms with Crippen LogP contribution in [0, 0.1) is 0 Å². The first-order valence-corrected chi connectivity index (χ1v) is 8.04. The SMILES string of the molecule is CCN1C(=O)[C@@](O)(CC(=O)c2ccncc2)c2cc(Br)ccc21. The Morgan fingerprint density at radius 1 is 1.30 bits per heavy atom. The highest BCUT2D eigenvalue weighted by atomic mass is 79.9. The van der Waals surface area contributed by atoms with Crippen molar-refractivity contribution in [1.82, 2.24) is 4.98 Å². The molecule has 1 N–H and O–H groups in total. The number of nitrogens with zero attached hydrogens (tertiary/aromatic N) is 2. The third-order valence-corrected chi connectivity index (χ3v) is 4.52. The van der Waals surface area contributed by atoms with Crippen molar-refractivity contribution in [2.75, 3.05) is 11.4 Å². The maximum atomic E-state index is 12.7. The van der Waals surface area contributed by atoms with E-state index >= 15 is 0 Å². The van der Waals surface area contributed by atoms with Gasteiger partial charge in [-0.25, -0.2) is 0 Å². The van der Waals surface area contributed by atoms with Gasteiger partial charge in [0.05, 0.1) is 12.1 Å². The molecule has 118 valence electrons. The van der Waals surface area contributed by atoms with Gasteiger partial charge in [0.2, 0.25) is 0 Å². The molecule has 1 amide bonds. The summed E-state index contributed by atoms with van der Waals surface area (Å²) in [4.78, 5) is 30.5. The Morgan fingerprint density at radius 2 is 2.00 bits per heavy atom. The molecule has 0 aliphatic carbocycles. The molecule has 1 aliphatic rings. The fourth-order valence-corrected chi connectivity index (χ4v) is 3.24. The number of carbonyl (C=O) groups is 2.